The first kappa shape index (κ1) is 74.2. The van der Waals surface area contributed by atoms with Gasteiger partial charge in [-0.05, 0) is 63.9 Å². The number of nitrogens with one attached hydrogen (secondary N) is 1. The molecule has 0 rings (SSSR count). The van der Waals surface area contributed by atoms with Crippen molar-refractivity contribution in [3.8, 4) is 0 Å². The summed E-state index contributed by atoms with van der Waals surface area (Å²) in [6.45, 7) is 6.85. The van der Waals surface area contributed by atoms with Gasteiger partial charge in [0, 0.05) is 12.8 Å². The number of carbonyl (C=O) groups excluding carboxylic acids is 2. The van der Waals surface area contributed by atoms with Crippen molar-refractivity contribution in [1.82, 2.24) is 5.32 Å². The van der Waals surface area contributed by atoms with Gasteiger partial charge in [-0.15, -0.1) is 0 Å². The molecule has 0 fully saturated rings. The van der Waals surface area contributed by atoms with E-state index in [1.165, 1.54) is 225 Å². The Morgan fingerprint density at radius 1 is 0.461 bits per heavy atom. The minimum atomic E-state index is -4.69. The van der Waals surface area contributed by atoms with E-state index in [0.717, 1.165) is 64.2 Å². The number of likely N-dealkylation sites (N-methyl/N-ethyl adjacent to an activating group) is 1. The Morgan fingerprint density at radius 2 is 0.803 bits per heavy atom. The lowest BCUT2D eigenvalue weighted by atomic mass is 10.0. The summed E-state index contributed by atoms with van der Waals surface area (Å²) in [6, 6.07) is -0.882. The average molecular weight is 1090 g/mol. The first-order chi connectivity index (χ1) is 36.9. The van der Waals surface area contributed by atoms with Crippen LogP contribution >= 0.6 is 7.82 Å². The van der Waals surface area contributed by atoms with Crippen LogP contribution in [0.2, 0.25) is 0 Å². The number of nitrogens with zero attached hydrogens (tertiary/aromatic N) is 1. The highest BCUT2D eigenvalue weighted by Gasteiger charge is 2.27. The largest absolute Gasteiger partial charge is 0.756 e. The lowest BCUT2D eigenvalue weighted by Gasteiger charge is -2.30. The van der Waals surface area contributed by atoms with Crippen LogP contribution in [0.3, 0.4) is 0 Å². The Kier molecular flexibility index (Phi) is 55.2. The number of allylic oxidation sites excluding steroid dienone is 5. The summed E-state index contributed by atoms with van der Waals surface area (Å²) in [7, 11) is 1.20. The normalized spacial score (nSPS) is 13.8. The van der Waals surface area contributed by atoms with Gasteiger partial charge < -0.3 is 28.5 Å². The molecule has 1 amide bonds. The fraction of sp³-hybridized carbons (Fsp3) is 0.879. The molecule has 3 unspecified atom stereocenters. The number of phosphoric acid groups is 1. The third-order valence-electron chi connectivity index (χ3n) is 14.8. The van der Waals surface area contributed by atoms with Crippen LogP contribution in [0.1, 0.15) is 323 Å². The fourth-order valence-corrected chi connectivity index (χ4v) is 10.5. The number of hydrogen-bond donors (Lipinski definition) is 1. The van der Waals surface area contributed by atoms with E-state index in [-0.39, 0.29) is 31.5 Å². The molecule has 0 spiro atoms. The molecular formula is C66H127N2O7P. The molecular weight excluding hydrogens is 964 g/mol. The van der Waals surface area contributed by atoms with Gasteiger partial charge >= 0.3 is 5.97 Å². The summed E-state index contributed by atoms with van der Waals surface area (Å²) in [4.78, 5) is 39.9. The highest BCUT2D eigenvalue weighted by molar-refractivity contribution is 7.45. The number of carbonyl (C=O) groups is 2. The van der Waals surface area contributed by atoms with Crippen molar-refractivity contribution >= 4 is 19.7 Å². The third kappa shape index (κ3) is 56.9. The van der Waals surface area contributed by atoms with E-state index in [9.17, 15) is 19.0 Å². The molecule has 0 aliphatic carbocycles. The van der Waals surface area contributed by atoms with E-state index in [4.69, 9.17) is 13.8 Å². The average Bonchev–Trinajstić information content (AvgIpc) is 3.38. The van der Waals surface area contributed by atoms with Crippen molar-refractivity contribution in [3.63, 3.8) is 0 Å². The number of quaternary nitrogens is 1. The van der Waals surface area contributed by atoms with Crippen LogP contribution in [-0.4, -0.2) is 69.4 Å². The number of esters is 1. The second-order valence-electron chi connectivity index (χ2n) is 23.6. The van der Waals surface area contributed by atoms with Crippen molar-refractivity contribution in [2.24, 2.45) is 0 Å². The highest BCUT2D eigenvalue weighted by atomic mass is 31.2. The Balaban J connectivity index is 4.94. The minimum absolute atomic E-state index is 0.0190. The number of unbranched alkanes of at least 4 members (excludes halogenated alkanes) is 40. The van der Waals surface area contributed by atoms with Crippen molar-refractivity contribution < 1.29 is 37.3 Å². The zero-order chi connectivity index (χ0) is 55.7. The number of phosphoric ester groups is 1. The molecule has 0 bridgehead atoms. The van der Waals surface area contributed by atoms with Crippen molar-refractivity contribution in [1.29, 1.82) is 0 Å². The Morgan fingerprint density at radius 3 is 1.21 bits per heavy atom. The zero-order valence-corrected chi connectivity index (χ0v) is 52.1. The maximum Gasteiger partial charge on any atom is 0.306 e. The van der Waals surface area contributed by atoms with Gasteiger partial charge in [0.1, 0.15) is 19.3 Å². The second kappa shape index (κ2) is 56.5. The van der Waals surface area contributed by atoms with Crippen LogP contribution < -0.4 is 10.2 Å². The zero-order valence-electron chi connectivity index (χ0n) is 51.2. The van der Waals surface area contributed by atoms with Gasteiger partial charge in [0.25, 0.3) is 7.82 Å². The summed E-state index contributed by atoms with van der Waals surface area (Å²) in [5.74, 6) is -0.527. The molecule has 0 saturated heterocycles. The molecule has 0 radical (unpaired) electrons. The summed E-state index contributed by atoms with van der Waals surface area (Å²) in [5.41, 5.74) is 0. The molecule has 9 nitrogen and oxygen atoms in total. The summed E-state index contributed by atoms with van der Waals surface area (Å²) < 4.78 is 30.3. The number of amides is 1. The van der Waals surface area contributed by atoms with Gasteiger partial charge in [-0.3, -0.25) is 14.2 Å². The van der Waals surface area contributed by atoms with E-state index >= 15 is 0 Å². The molecule has 10 heteroatoms. The number of hydrogen-bond acceptors (Lipinski definition) is 7. The summed E-state index contributed by atoms with van der Waals surface area (Å²) in [6.07, 6.45) is 68.4. The van der Waals surface area contributed by atoms with Gasteiger partial charge in [0.2, 0.25) is 5.91 Å². The fourth-order valence-electron chi connectivity index (χ4n) is 9.73. The Bertz CT molecular complexity index is 1400. The quantitative estimate of drug-likeness (QED) is 0.0212. The molecule has 0 aliphatic rings. The topological polar surface area (TPSA) is 114 Å². The van der Waals surface area contributed by atoms with Gasteiger partial charge in [-0.25, -0.2) is 0 Å². The van der Waals surface area contributed by atoms with Gasteiger partial charge in [-0.2, -0.15) is 0 Å². The maximum absolute atomic E-state index is 13.5. The lowest BCUT2D eigenvalue weighted by Crippen LogP contribution is -2.47. The van der Waals surface area contributed by atoms with E-state index in [1.807, 2.05) is 33.3 Å². The molecule has 0 aromatic rings. The first-order valence-electron chi connectivity index (χ1n) is 32.8. The smallest absolute Gasteiger partial charge is 0.306 e. The van der Waals surface area contributed by atoms with Gasteiger partial charge in [0.05, 0.1) is 33.8 Å². The van der Waals surface area contributed by atoms with E-state index in [0.29, 0.717) is 17.4 Å². The number of ether oxygens (including phenoxy) is 1. The predicted octanol–water partition coefficient (Wildman–Crippen LogP) is 19.7. The molecule has 0 aromatic carbocycles. The van der Waals surface area contributed by atoms with Crippen LogP contribution in [0.5, 0.6) is 0 Å². The van der Waals surface area contributed by atoms with Gasteiger partial charge in [-0.1, -0.05) is 282 Å². The third-order valence-corrected chi connectivity index (χ3v) is 15.8. The van der Waals surface area contributed by atoms with Crippen molar-refractivity contribution in [2.45, 2.75) is 335 Å². The molecule has 448 valence electrons. The van der Waals surface area contributed by atoms with Crippen LogP contribution in [-0.2, 0) is 27.9 Å². The van der Waals surface area contributed by atoms with Crippen LogP contribution in [0.25, 0.3) is 0 Å². The van der Waals surface area contributed by atoms with E-state index in [1.54, 1.807) is 0 Å². The van der Waals surface area contributed by atoms with Crippen LogP contribution in [0.4, 0.5) is 0 Å². The number of rotatable bonds is 60. The minimum Gasteiger partial charge on any atom is -0.756 e. The SMILES string of the molecule is CCCCC/C=C\C/C=C\CCCCCCCCCCCCCCCCCCCC(=O)NC(COP(=O)([O-])OCC[N+](C)(C)C)C(/C=C\CCCCCCCCCCCC)OC(=O)CCCCCCCCCCCCC. The highest BCUT2D eigenvalue weighted by Crippen LogP contribution is 2.38. The first-order valence-corrected chi connectivity index (χ1v) is 34.3. The Labute approximate surface area is 472 Å². The summed E-state index contributed by atoms with van der Waals surface area (Å²) >= 11 is 0. The van der Waals surface area contributed by atoms with Crippen LogP contribution in [0, 0.1) is 0 Å². The molecule has 0 heterocycles. The molecule has 0 aromatic heterocycles. The Hall–Kier alpha value is -1.77. The standard InChI is InChI=1S/C66H127N2O7P/c1-7-10-13-16-19-22-25-27-28-29-30-31-32-33-34-35-36-37-38-39-40-41-44-46-49-52-55-58-65(69)67-63(62-74-76(71,72)73-61-60-68(4,5)6)64(57-54-51-48-45-43-26-23-20-17-14-11-8-2)75-66(70)59-56-53-50-47-42-24-21-18-15-12-9-3/h19,22,27-28,54,57,63-64H,7-18,20-21,23-26,29-53,55-56,58-62H2,1-6H3,(H-,67,69,71,72)/b22-19-,28-27-,57-54-. The summed E-state index contributed by atoms with van der Waals surface area (Å²) in [5, 5.41) is 3.04. The van der Waals surface area contributed by atoms with E-state index < -0.39 is 20.0 Å². The molecule has 1 N–H and O–H groups in total. The monoisotopic (exact) mass is 1090 g/mol. The molecule has 76 heavy (non-hydrogen) atoms. The lowest BCUT2D eigenvalue weighted by molar-refractivity contribution is -0.870. The van der Waals surface area contributed by atoms with Crippen molar-refractivity contribution in [2.75, 3.05) is 40.9 Å². The van der Waals surface area contributed by atoms with E-state index in [2.05, 4.69) is 50.4 Å². The van der Waals surface area contributed by atoms with Gasteiger partial charge in [0.15, 0.2) is 0 Å². The second-order valence-corrected chi connectivity index (χ2v) is 25.0. The molecule has 0 saturated carbocycles. The maximum atomic E-state index is 13.5. The van der Waals surface area contributed by atoms with Crippen molar-refractivity contribution in [3.05, 3.63) is 36.5 Å². The van der Waals surface area contributed by atoms with Crippen LogP contribution in [0.15, 0.2) is 36.5 Å². The predicted molar refractivity (Wildman–Crippen MR) is 326 cm³/mol. The molecule has 3 atom stereocenters. The molecule has 0 aliphatic heterocycles.